The van der Waals surface area contributed by atoms with Gasteiger partial charge < -0.3 is 16.0 Å². The van der Waals surface area contributed by atoms with Crippen molar-refractivity contribution in [2.45, 2.75) is 25.1 Å². The number of halogens is 3. The van der Waals surface area contributed by atoms with Crippen LogP contribution in [0, 0.1) is 5.92 Å². The number of likely N-dealkylation sites (N-methyl/N-ethyl adjacent to an activating group) is 1. The van der Waals surface area contributed by atoms with Crippen molar-refractivity contribution in [3.63, 3.8) is 0 Å². The summed E-state index contributed by atoms with van der Waals surface area (Å²) >= 11 is 0. The molecule has 3 N–H and O–H groups in total. The maximum atomic E-state index is 11.9. The molecule has 0 radical (unpaired) electrons. The third kappa shape index (κ3) is 3.88. The third-order valence-corrected chi connectivity index (χ3v) is 2.67. The maximum absolute atomic E-state index is 11.9. The molecule has 2 amide bonds. The van der Waals surface area contributed by atoms with E-state index < -0.39 is 18.8 Å². The van der Waals surface area contributed by atoms with Crippen LogP contribution in [0.1, 0.15) is 12.8 Å². The van der Waals surface area contributed by atoms with E-state index in [2.05, 4.69) is 0 Å². The Balaban J connectivity index is 2.40. The van der Waals surface area contributed by atoms with Crippen LogP contribution in [0.5, 0.6) is 0 Å². The largest absolute Gasteiger partial charge is 0.405 e. The molecule has 1 saturated carbocycles. The number of nitrogens with two attached hydrogens (primary N) is 1. The van der Waals surface area contributed by atoms with E-state index >= 15 is 0 Å². The van der Waals surface area contributed by atoms with E-state index in [-0.39, 0.29) is 12.6 Å². The lowest BCUT2D eigenvalue weighted by molar-refractivity contribution is -0.123. The Bertz CT molecular complexity index is 253. The Morgan fingerprint density at radius 3 is 2.50 bits per heavy atom. The topological polar surface area (TPSA) is 58.4 Å². The number of rotatable bonds is 4. The minimum atomic E-state index is -4.38. The fraction of sp³-hybridized carbons (Fsp3) is 0.889. The highest BCUT2D eigenvalue weighted by atomic mass is 19.4. The number of alkyl halides is 3. The molecule has 1 aliphatic rings. The monoisotopic (exact) mass is 239 g/mol. The smallest absolute Gasteiger partial charge is 0.329 e. The second kappa shape index (κ2) is 4.90. The summed E-state index contributed by atoms with van der Waals surface area (Å²) in [5, 5.41) is 1.83. The van der Waals surface area contributed by atoms with Gasteiger partial charge in [0.15, 0.2) is 0 Å². The van der Waals surface area contributed by atoms with Crippen molar-refractivity contribution in [3.8, 4) is 0 Å². The molecule has 7 heteroatoms. The first kappa shape index (κ1) is 13.1. The fourth-order valence-corrected chi connectivity index (χ4v) is 1.60. The molecule has 4 nitrogen and oxygen atoms in total. The highest BCUT2D eigenvalue weighted by Gasteiger charge is 2.35. The number of hydrogen-bond donors (Lipinski definition) is 2. The van der Waals surface area contributed by atoms with Crippen molar-refractivity contribution < 1.29 is 18.0 Å². The first-order chi connectivity index (χ1) is 7.35. The highest BCUT2D eigenvalue weighted by Crippen LogP contribution is 2.34. The summed E-state index contributed by atoms with van der Waals surface area (Å²) in [6, 6.07) is -0.882. The number of urea groups is 1. The third-order valence-electron chi connectivity index (χ3n) is 2.67. The van der Waals surface area contributed by atoms with Gasteiger partial charge in [0.1, 0.15) is 6.54 Å². The molecule has 1 atom stereocenters. The van der Waals surface area contributed by atoms with E-state index in [4.69, 9.17) is 5.73 Å². The quantitative estimate of drug-likeness (QED) is 0.766. The zero-order valence-electron chi connectivity index (χ0n) is 9.05. The Kier molecular flexibility index (Phi) is 4.01. The van der Waals surface area contributed by atoms with Crippen molar-refractivity contribution in [1.29, 1.82) is 0 Å². The van der Waals surface area contributed by atoms with E-state index in [1.807, 2.05) is 5.32 Å². The Labute approximate surface area is 92.0 Å². The molecule has 1 fully saturated rings. The van der Waals surface area contributed by atoms with E-state index in [0.717, 1.165) is 12.8 Å². The van der Waals surface area contributed by atoms with E-state index in [1.165, 1.54) is 11.9 Å². The summed E-state index contributed by atoms with van der Waals surface area (Å²) in [5.74, 6) is 0.339. The van der Waals surface area contributed by atoms with E-state index in [0.29, 0.717) is 5.92 Å². The summed E-state index contributed by atoms with van der Waals surface area (Å²) in [4.78, 5) is 12.6. The van der Waals surface area contributed by atoms with Crippen LogP contribution in [0.3, 0.4) is 0 Å². The van der Waals surface area contributed by atoms with Gasteiger partial charge in [-0.15, -0.1) is 0 Å². The Morgan fingerprint density at radius 2 is 2.12 bits per heavy atom. The fourth-order valence-electron chi connectivity index (χ4n) is 1.60. The number of carbonyl (C=O) groups is 1. The van der Waals surface area contributed by atoms with Gasteiger partial charge in [-0.25, -0.2) is 4.79 Å². The van der Waals surface area contributed by atoms with Crippen LogP contribution in [0.25, 0.3) is 0 Å². The number of amides is 2. The summed E-state index contributed by atoms with van der Waals surface area (Å²) in [6.45, 7) is -1.03. The van der Waals surface area contributed by atoms with Gasteiger partial charge in [0.2, 0.25) is 0 Å². The molecule has 0 saturated heterocycles. The van der Waals surface area contributed by atoms with Crippen LogP contribution in [-0.4, -0.2) is 43.3 Å². The molecule has 94 valence electrons. The lowest BCUT2D eigenvalue weighted by Gasteiger charge is -2.27. The molecule has 0 aliphatic heterocycles. The average Bonchev–Trinajstić information content (AvgIpc) is 2.98. The predicted molar refractivity (Wildman–Crippen MR) is 52.8 cm³/mol. The molecule has 0 heterocycles. The van der Waals surface area contributed by atoms with Crippen molar-refractivity contribution in [1.82, 2.24) is 10.2 Å². The van der Waals surface area contributed by atoms with Crippen LogP contribution in [0.4, 0.5) is 18.0 Å². The van der Waals surface area contributed by atoms with Crippen LogP contribution in [0.2, 0.25) is 0 Å². The highest BCUT2D eigenvalue weighted by molar-refractivity contribution is 5.74. The van der Waals surface area contributed by atoms with Gasteiger partial charge in [-0.05, 0) is 18.8 Å². The lowest BCUT2D eigenvalue weighted by Crippen LogP contribution is -2.49. The molecular weight excluding hydrogens is 223 g/mol. The summed E-state index contributed by atoms with van der Waals surface area (Å²) in [5.41, 5.74) is 5.49. The summed E-state index contributed by atoms with van der Waals surface area (Å²) in [7, 11) is 1.47. The Hall–Kier alpha value is -0.980. The van der Waals surface area contributed by atoms with Crippen molar-refractivity contribution in [2.75, 3.05) is 20.1 Å². The van der Waals surface area contributed by atoms with Crippen molar-refractivity contribution in [2.24, 2.45) is 11.7 Å². The molecule has 0 aromatic carbocycles. The van der Waals surface area contributed by atoms with Gasteiger partial charge in [0.25, 0.3) is 0 Å². The number of carbonyl (C=O) groups excluding carboxylic acids is 1. The standard InChI is InChI=1S/C9H16F3N3O/c1-15(7(4-13)6-2-3-6)8(16)14-5-9(10,11)12/h6-7H,2-5,13H2,1H3,(H,14,16). The zero-order valence-corrected chi connectivity index (χ0v) is 9.05. The molecule has 0 aromatic heterocycles. The van der Waals surface area contributed by atoms with Gasteiger partial charge in [0, 0.05) is 19.6 Å². The van der Waals surface area contributed by atoms with E-state index in [1.54, 1.807) is 0 Å². The van der Waals surface area contributed by atoms with Gasteiger partial charge in [-0.2, -0.15) is 13.2 Å². The molecule has 1 aliphatic carbocycles. The molecular formula is C9H16F3N3O. The summed E-state index contributed by atoms with van der Waals surface area (Å²) < 4.78 is 35.6. The molecule has 0 aromatic rings. The van der Waals surface area contributed by atoms with Crippen molar-refractivity contribution in [3.05, 3.63) is 0 Å². The van der Waals surface area contributed by atoms with Gasteiger partial charge in [-0.1, -0.05) is 0 Å². The van der Waals surface area contributed by atoms with Gasteiger partial charge in [0.05, 0.1) is 0 Å². The molecule has 0 bridgehead atoms. The minimum Gasteiger partial charge on any atom is -0.329 e. The van der Waals surface area contributed by atoms with Crippen molar-refractivity contribution >= 4 is 6.03 Å². The molecule has 1 unspecified atom stereocenters. The van der Waals surface area contributed by atoms with E-state index in [9.17, 15) is 18.0 Å². The first-order valence-corrected chi connectivity index (χ1v) is 5.12. The average molecular weight is 239 g/mol. The van der Waals surface area contributed by atoms with Gasteiger partial charge >= 0.3 is 12.2 Å². The first-order valence-electron chi connectivity index (χ1n) is 5.12. The molecule has 1 rings (SSSR count). The Morgan fingerprint density at radius 1 is 1.56 bits per heavy atom. The van der Waals surface area contributed by atoms with Crippen LogP contribution in [0.15, 0.2) is 0 Å². The predicted octanol–water partition coefficient (Wildman–Crippen LogP) is 0.927. The minimum absolute atomic E-state index is 0.159. The lowest BCUT2D eigenvalue weighted by atomic mass is 10.1. The second-order valence-corrected chi connectivity index (χ2v) is 4.03. The van der Waals surface area contributed by atoms with Crippen LogP contribution >= 0.6 is 0 Å². The SMILES string of the molecule is CN(C(=O)NCC(F)(F)F)C(CN)C1CC1. The second-order valence-electron chi connectivity index (χ2n) is 4.03. The van der Waals surface area contributed by atoms with Crippen LogP contribution < -0.4 is 11.1 Å². The molecule has 16 heavy (non-hydrogen) atoms. The summed E-state index contributed by atoms with van der Waals surface area (Å²) in [6.07, 6.45) is -2.41. The normalized spacial score (nSPS) is 18.1. The zero-order chi connectivity index (χ0) is 12.3. The number of nitrogens with one attached hydrogen (secondary N) is 1. The molecule has 0 spiro atoms. The van der Waals surface area contributed by atoms with Gasteiger partial charge in [-0.3, -0.25) is 0 Å². The number of hydrogen-bond acceptors (Lipinski definition) is 2. The van der Waals surface area contributed by atoms with Crippen LogP contribution in [-0.2, 0) is 0 Å². The number of nitrogens with zero attached hydrogens (tertiary/aromatic N) is 1. The maximum Gasteiger partial charge on any atom is 0.405 e.